The topological polar surface area (TPSA) is 0 Å². The number of hydrogen-bond donors (Lipinski definition) is 1. The standard InChI is InChI=1S/C11H11S/c1-2-6-11(7-3-1)10-12-8-4-5-9-12/h1-8,12H,10H2. The Balaban J connectivity index is 2.04. The van der Waals surface area contributed by atoms with Crippen LogP contribution in [0.3, 0.4) is 0 Å². The van der Waals surface area contributed by atoms with Gasteiger partial charge in [0.05, 0.1) is 0 Å². The Labute approximate surface area is 76.0 Å². The smallest absolute Gasteiger partial charge is 0.00725 e. The second kappa shape index (κ2) is 3.63. The fourth-order valence-electron chi connectivity index (χ4n) is 1.21. The fraction of sp³-hybridized carbons (Fsp3) is 0.0909. The number of benzene rings is 1. The third-order valence-corrected chi connectivity index (χ3v) is 3.52. The minimum atomic E-state index is -0.108. The Hall–Kier alpha value is -0.950. The van der Waals surface area contributed by atoms with Gasteiger partial charge >= 0.3 is 0 Å². The van der Waals surface area contributed by atoms with Crippen LogP contribution in [0, 0.1) is 5.41 Å². The predicted molar refractivity (Wildman–Crippen MR) is 56.1 cm³/mol. The van der Waals surface area contributed by atoms with E-state index >= 15 is 0 Å². The Kier molecular flexibility index (Phi) is 2.33. The summed E-state index contributed by atoms with van der Waals surface area (Å²) in [4.78, 5) is 0. The van der Waals surface area contributed by atoms with Crippen LogP contribution in [-0.4, -0.2) is 0 Å². The quantitative estimate of drug-likeness (QED) is 0.656. The molecule has 0 amide bonds. The summed E-state index contributed by atoms with van der Waals surface area (Å²) in [5, 5.41) is 5.59. The van der Waals surface area contributed by atoms with E-state index in [4.69, 9.17) is 0 Å². The molecule has 1 heteroatoms. The van der Waals surface area contributed by atoms with E-state index in [1.165, 1.54) is 5.56 Å². The highest BCUT2D eigenvalue weighted by molar-refractivity contribution is 8.20. The van der Waals surface area contributed by atoms with Gasteiger partial charge in [-0.1, -0.05) is 36.4 Å². The molecular formula is C11H11S. The van der Waals surface area contributed by atoms with Gasteiger partial charge in [-0.3, -0.25) is 0 Å². The van der Waals surface area contributed by atoms with E-state index in [9.17, 15) is 0 Å². The molecule has 1 aliphatic rings. The lowest BCUT2D eigenvalue weighted by atomic mass is 10.2. The minimum Gasteiger partial charge on any atom is -0.201 e. The monoisotopic (exact) mass is 175 g/mol. The molecule has 1 atom stereocenters. The summed E-state index contributed by atoms with van der Waals surface area (Å²) >= 11 is 0. The molecule has 1 aliphatic heterocycles. The first-order valence-electron chi connectivity index (χ1n) is 4.02. The van der Waals surface area contributed by atoms with Crippen LogP contribution < -0.4 is 0 Å². The van der Waals surface area contributed by atoms with Crippen LogP contribution in [-0.2, 0) is 5.75 Å². The van der Waals surface area contributed by atoms with Gasteiger partial charge in [-0.15, -0.1) is 0 Å². The van der Waals surface area contributed by atoms with Crippen molar-refractivity contribution in [3.8, 4) is 0 Å². The minimum absolute atomic E-state index is 0.108. The summed E-state index contributed by atoms with van der Waals surface area (Å²) in [5.74, 6) is 1.14. The normalized spacial score (nSPS) is 17.2. The van der Waals surface area contributed by atoms with Gasteiger partial charge in [0.2, 0.25) is 0 Å². The molecule has 1 unspecified atom stereocenters. The SMILES string of the molecule is [C]1=CC=C[SH]1Cc1ccccc1. The van der Waals surface area contributed by atoms with Crippen molar-refractivity contribution < 1.29 is 0 Å². The Bertz CT molecular complexity index is 286. The van der Waals surface area contributed by atoms with Gasteiger partial charge in [-0.05, 0) is 17.0 Å². The lowest BCUT2D eigenvalue weighted by Gasteiger charge is -2.08. The van der Waals surface area contributed by atoms with E-state index in [0.29, 0.717) is 0 Å². The van der Waals surface area contributed by atoms with Gasteiger partial charge in [0.25, 0.3) is 0 Å². The summed E-state index contributed by atoms with van der Waals surface area (Å²) in [7, 11) is -0.108. The van der Waals surface area contributed by atoms with Crippen LogP contribution in [0.1, 0.15) is 5.56 Å². The average molecular weight is 175 g/mol. The maximum Gasteiger partial charge on any atom is 0.00725 e. The summed E-state index contributed by atoms with van der Waals surface area (Å²) in [6, 6.07) is 10.6. The molecule has 1 radical (unpaired) electrons. The first kappa shape index (κ1) is 7.69. The van der Waals surface area contributed by atoms with Gasteiger partial charge in [-0.25, -0.2) is 10.9 Å². The maximum atomic E-state index is 3.33. The van der Waals surface area contributed by atoms with Gasteiger partial charge in [0.15, 0.2) is 0 Å². The average Bonchev–Trinajstić information content (AvgIpc) is 2.59. The summed E-state index contributed by atoms with van der Waals surface area (Å²) < 4.78 is 0. The largest absolute Gasteiger partial charge is 0.201 e. The highest BCUT2D eigenvalue weighted by atomic mass is 32.2. The van der Waals surface area contributed by atoms with Crippen molar-refractivity contribution in [2.75, 3.05) is 0 Å². The van der Waals surface area contributed by atoms with Crippen molar-refractivity contribution in [2.24, 2.45) is 0 Å². The van der Waals surface area contributed by atoms with E-state index in [1.54, 1.807) is 0 Å². The summed E-state index contributed by atoms with van der Waals surface area (Å²) in [5.41, 5.74) is 1.41. The molecule has 0 spiro atoms. The van der Waals surface area contributed by atoms with E-state index < -0.39 is 0 Å². The second-order valence-electron chi connectivity index (χ2n) is 2.75. The zero-order valence-electron chi connectivity index (χ0n) is 6.77. The summed E-state index contributed by atoms with van der Waals surface area (Å²) in [6.07, 6.45) is 4.11. The van der Waals surface area contributed by atoms with E-state index in [1.807, 2.05) is 6.08 Å². The molecule has 1 aromatic carbocycles. The van der Waals surface area contributed by atoms with Crippen LogP contribution >= 0.6 is 10.9 Å². The van der Waals surface area contributed by atoms with Crippen molar-refractivity contribution in [1.29, 1.82) is 0 Å². The van der Waals surface area contributed by atoms with E-state index in [0.717, 1.165) is 5.75 Å². The Morgan fingerprint density at radius 2 is 2.00 bits per heavy atom. The zero-order valence-corrected chi connectivity index (χ0v) is 7.67. The van der Waals surface area contributed by atoms with Crippen LogP contribution in [0.5, 0.6) is 0 Å². The third-order valence-electron chi connectivity index (χ3n) is 1.80. The zero-order chi connectivity index (χ0) is 8.23. The molecule has 61 valence electrons. The van der Waals surface area contributed by atoms with Crippen LogP contribution in [0.2, 0.25) is 0 Å². The molecule has 0 nitrogen and oxygen atoms in total. The van der Waals surface area contributed by atoms with Crippen molar-refractivity contribution in [3.63, 3.8) is 0 Å². The van der Waals surface area contributed by atoms with Gasteiger partial charge in [0.1, 0.15) is 0 Å². The van der Waals surface area contributed by atoms with Gasteiger partial charge < -0.3 is 0 Å². The summed E-state index contributed by atoms with van der Waals surface area (Å²) in [6.45, 7) is 0. The molecule has 0 aromatic heterocycles. The molecule has 1 heterocycles. The molecular weight excluding hydrogens is 164 g/mol. The number of allylic oxidation sites excluding steroid dienone is 2. The highest BCUT2D eigenvalue weighted by Gasteiger charge is 2.00. The molecule has 0 fully saturated rings. The van der Waals surface area contributed by atoms with Gasteiger partial charge in [0, 0.05) is 11.2 Å². The molecule has 0 N–H and O–H groups in total. The van der Waals surface area contributed by atoms with Crippen LogP contribution in [0.4, 0.5) is 0 Å². The number of rotatable bonds is 2. The van der Waals surface area contributed by atoms with E-state index in [2.05, 4.69) is 47.2 Å². The molecule has 12 heavy (non-hydrogen) atoms. The fourth-order valence-corrected chi connectivity index (χ4v) is 2.67. The third kappa shape index (κ3) is 1.80. The lowest BCUT2D eigenvalue weighted by molar-refractivity contribution is 1.42. The van der Waals surface area contributed by atoms with Crippen LogP contribution in [0.15, 0.2) is 47.9 Å². The molecule has 0 bridgehead atoms. The lowest BCUT2D eigenvalue weighted by Crippen LogP contribution is -1.80. The molecule has 0 saturated heterocycles. The maximum absolute atomic E-state index is 3.33. The highest BCUT2D eigenvalue weighted by Crippen LogP contribution is 2.35. The number of hydrogen-bond acceptors (Lipinski definition) is 0. The number of thiol groups is 1. The van der Waals surface area contributed by atoms with Crippen molar-refractivity contribution >= 4 is 10.9 Å². The van der Waals surface area contributed by atoms with Crippen molar-refractivity contribution in [3.05, 3.63) is 58.9 Å². The van der Waals surface area contributed by atoms with Crippen LogP contribution in [0.25, 0.3) is 0 Å². The Morgan fingerprint density at radius 3 is 2.67 bits per heavy atom. The molecule has 1 aromatic rings. The van der Waals surface area contributed by atoms with E-state index in [-0.39, 0.29) is 10.9 Å². The first-order valence-corrected chi connectivity index (χ1v) is 5.61. The van der Waals surface area contributed by atoms with Crippen molar-refractivity contribution in [2.45, 2.75) is 5.75 Å². The molecule has 0 aliphatic carbocycles. The predicted octanol–water partition coefficient (Wildman–Crippen LogP) is 3.03. The van der Waals surface area contributed by atoms with Gasteiger partial charge in [-0.2, -0.15) is 0 Å². The Morgan fingerprint density at radius 1 is 1.17 bits per heavy atom. The second-order valence-corrected chi connectivity index (χ2v) is 4.56. The first-order chi connectivity index (χ1) is 5.95. The molecule has 0 saturated carbocycles. The van der Waals surface area contributed by atoms with Crippen molar-refractivity contribution in [1.82, 2.24) is 0 Å². The molecule has 2 rings (SSSR count).